The lowest BCUT2D eigenvalue weighted by Gasteiger charge is -2.20. The van der Waals surface area contributed by atoms with Crippen molar-refractivity contribution in [3.63, 3.8) is 0 Å². The molecule has 0 saturated carbocycles. The molecule has 0 aliphatic heterocycles. The number of aryl methyl sites for hydroxylation is 2. The van der Waals surface area contributed by atoms with Crippen LogP contribution in [0.15, 0.2) is 22.8 Å². The summed E-state index contributed by atoms with van der Waals surface area (Å²) in [5.74, 6) is -0.186. The largest absolute Gasteiger partial charge is 0.305 e. The van der Waals surface area contributed by atoms with Gasteiger partial charge in [0.05, 0.1) is 11.7 Å². The molecule has 0 aliphatic rings. The molecule has 1 aromatic heterocycles. The molecule has 1 unspecified atom stereocenters. The van der Waals surface area contributed by atoms with Crippen molar-refractivity contribution in [1.29, 1.82) is 0 Å². The molecule has 20 heavy (non-hydrogen) atoms. The van der Waals surface area contributed by atoms with Gasteiger partial charge in [-0.1, -0.05) is 30.3 Å². The molecule has 2 rings (SSSR count). The van der Waals surface area contributed by atoms with Crippen molar-refractivity contribution in [2.75, 3.05) is 6.54 Å². The Hall–Kier alpha value is -1.27. The second kappa shape index (κ2) is 6.45. The Morgan fingerprint density at radius 3 is 2.80 bits per heavy atom. The second-order valence-electron chi connectivity index (χ2n) is 4.75. The quantitative estimate of drug-likeness (QED) is 0.909. The van der Waals surface area contributed by atoms with E-state index in [-0.39, 0.29) is 11.9 Å². The molecule has 1 atom stereocenters. The minimum absolute atomic E-state index is 0.186. The van der Waals surface area contributed by atoms with Gasteiger partial charge in [-0.25, -0.2) is 9.07 Å². The molecular weight excluding hydrogens is 323 g/mol. The normalized spacial score (nSPS) is 12.7. The SMILES string of the molecule is CCCNC(c1cccc(C)c1F)c1c(Br)nnn1C. The van der Waals surface area contributed by atoms with Crippen molar-refractivity contribution in [2.45, 2.75) is 26.3 Å². The number of benzene rings is 1. The Labute approximate surface area is 126 Å². The van der Waals surface area contributed by atoms with E-state index in [1.54, 1.807) is 30.8 Å². The summed E-state index contributed by atoms with van der Waals surface area (Å²) in [6.07, 6.45) is 0.965. The van der Waals surface area contributed by atoms with Crippen LogP contribution < -0.4 is 5.32 Å². The molecule has 1 heterocycles. The molecule has 4 nitrogen and oxygen atoms in total. The predicted molar refractivity (Wildman–Crippen MR) is 80.0 cm³/mol. The van der Waals surface area contributed by atoms with Crippen molar-refractivity contribution in [2.24, 2.45) is 7.05 Å². The van der Waals surface area contributed by atoms with Crippen LogP contribution in [0.5, 0.6) is 0 Å². The lowest BCUT2D eigenvalue weighted by atomic mass is 10.0. The maximum absolute atomic E-state index is 14.4. The molecule has 0 saturated heterocycles. The van der Waals surface area contributed by atoms with E-state index in [2.05, 4.69) is 38.5 Å². The molecular formula is C14H18BrFN4. The van der Waals surface area contributed by atoms with Gasteiger partial charge in [0, 0.05) is 12.6 Å². The Kier molecular flexibility index (Phi) is 4.88. The summed E-state index contributed by atoms with van der Waals surface area (Å²) in [5, 5.41) is 11.3. The Morgan fingerprint density at radius 2 is 2.20 bits per heavy atom. The van der Waals surface area contributed by atoms with Gasteiger partial charge < -0.3 is 5.32 Å². The van der Waals surface area contributed by atoms with E-state index < -0.39 is 0 Å². The first kappa shape index (κ1) is 15.1. The second-order valence-corrected chi connectivity index (χ2v) is 5.51. The van der Waals surface area contributed by atoms with E-state index in [4.69, 9.17) is 0 Å². The van der Waals surface area contributed by atoms with Gasteiger partial charge in [-0.05, 0) is 41.4 Å². The number of hydrogen-bond donors (Lipinski definition) is 1. The van der Waals surface area contributed by atoms with E-state index in [9.17, 15) is 4.39 Å². The summed E-state index contributed by atoms with van der Waals surface area (Å²) in [4.78, 5) is 0. The van der Waals surface area contributed by atoms with Gasteiger partial charge in [0.2, 0.25) is 0 Å². The Balaban J connectivity index is 2.50. The van der Waals surface area contributed by atoms with Gasteiger partial charge in [-0.2, -0.15) is 0 Å². The molecule has 1 aromatic carbocycles. The number of hydrogen-bond acceptors (Lipinski definition) is 3. The number of halogens is 2. The Bertz CT molecular complexity index is 577. The number of rotatable bonds is 5. The fourth-order valence-electron chi connectivity index (χ4n) is 2.18. The third-order valence-corrected chi connectivity index (χ3v) is 3.80. The summed E-state index contributed by atoms with van der Waals surface area (Å²) in [6, 6.07) is 5.16. The molecule has 1 N–H and O–H groups in total. The van der Waals surface area contributed by atoms with E-state index in [1.165, 1.54) is 0 Å². The van der Waals surface area contributed by atoms with Crippen LogP contribution in [0.1, 0.15) is 36.2 Å². The zero-order chi connectivity index (χ0) is 14.7. The summed E-state index contributed by atoms with van der Waals surface area (Å²) in [6.45, 7) is 4.63. The average Bonchev–Trinajstić information content (AvgIpc) is 2.75. The molecule has 0 spiro atoms. The Morgan fingerprint density at radius 1 is 1.45 bits per heavy atom. The topological polar surface area (TPSA) is 42.7 Å². The van der Waals surface area contributed by atoms with Crippen molar-refractivity contribution in [1.82, 2.24) is 20.3 Å². The van der Waals surface area contributed by atoms with E-state index >= 15 is 0 Å². The minimum Gasteiger partial charge on any atom is -0.305 e. The molecule has 0 fully saturated rings. The lowest BCUT2D eigenvalue weighted by Crippen LogP contribution is -2.26. The molecule has 0 amide bonds. The van der Waals surface area contributed by atoms with Gasteiger partial charge >= 0.3 is 0 Å². The van der Waals surface area contributed by atoms with Crippen LogP contribution in [0.2, 0.25) is 0 Å². The maximum atomic E-state index is 14.4. The first-order valence-corrected chi connectivity index (χ1v) is 7.39. The summed E-state index contributed by atoms with van der Waals surface area (Å²) >= 11 is 3.39. The number of nitrogens with one attached hydrogen (secondary N) is 1. The van der Waals surface area contributed by atoms with Crippen LogP contribution >= 0.6 is 15.9 Å². The summed E-state index contributed by atoms with van der Waals surface area (Å²) < 4.78 is 16.7. The fourth-order valence-corrected chi connectivity index (χ4v) is 2.74. The van der Waals surface area contributed by atoms with Crippen LogP contribution in [-0.4, -0.2) is 21.5 Å². The molecule has 2 aromatic rings. The smallest absolute Gasteiger partial charge is 0.153 e. The highest BCUT2D eigenvalue weighted by Crippen LogP contribution is 2.29. The highest BCUT2D eigenvalue weighted by Gasteiger charge is 2.24. The lowest BCUT2D eigenvalue weighted by molar-refractivity contribution is 0.515. The number of nitrogens with zero attached hydrogens (tertiary/aromatic N) is 3. The van der Waals surface area contributed by atoms with Crippen molar-refractivity contribution in [3.8, 4) is 0 Å². The molecule has 0 radical (unpaired) electrons. The summed E-state index contributed by atoms with van der Waals surface area (Å²) in [5.41, 5.74) is 2.07. The monoisotopic (exact) mass is 340 g/mol. The zero-order valence-corrected chi connectivity index (χ0v) is 13.4. The maximum Gasteiger partial charge on any atom is 0.153 e. The predicted octanol–water partition coefficient (Wildman–Crippen LogP) is 3.11. The number of aromatic nitrogens is 3. The van der Waals surface area contributed by atoms with Crippen LogP contribution in [0, 0.1) is 12.7 Å². The van der Waals surface area contributed by atoms with Crippen LogP contribution in [0.25, 0.3) is 0 Å². The molecule has 6 heteroatoms. The van der Waals surface area contributed by atoms with Gasteiger partial charge in [-0.3, -0.25) is 0 Å². The van der Waals surface area contributed by atoms with Crippen LogP contribution in [0.4, 0.5) is 4.39 Å². The van der Waals surface area contributed by atoms with Gasteiger partial charge in [0.25, 0.3) is 0 Å². The first-order valence-electron chi connectivity index (χ1n) is 6.59. The van der Waals surface area contributed by atoms with Gasteiger partial charge in [-0.15, -0.1) is 5.10 Å². The third-order valence-electron chi connectivity index (χ3n) is 3.23. The van der Waals surface area contributed by atoms with Crippen molar-refractivity contribution in [3.05, 3.63) is 45.4 Å². The van der Waals surface area contributed by atoms with Gasteiger partial charge in [0.15, 0.2) is 4.60 Å². The average molecular weight is 341 g/mol. The van der Waals surface area contributed by atoms with Gasteiger partial charge in [0.1, 0.15) is 5.82 Å². The first-order chi connectivity index (χ1) is 9.56. The minimum atomic E-state index is -0.274. The summed E-state index contributed by atoms with van der Waals surface area (Å²) in [7, 11) is 1.81. The van der Waals surface area contributed by atoms with E-state index in [0.717, 1.165) is 18.7 Å². The highest BCUT2D eigenvalue weighted by atomic mass is 79.9. The highest BCUT2D eigenvalue weighted by molar-refractivity contribution is 9.10. The zero-order valence-electron chi connectivity index (χ0n) is 11.8. The third kappa shape index (κ3) is 2.91. The van der Waals surface area contributed by atoms with E-state index in [1.807, 2.05) is 6.07 Å². The standard InChI is InChI=1S/C14H18BrFN4/c1-4-8-17-12(13-14(15)18-19-20(13)3)10-7-5-6-9(2)11(10)16/h5-7,12,17H,4,8H2,1-3H3. The van der Waals surface area contributed by atoms with Crippen LogP contribution in [-0.2, 0) is 7.05 Å². The van der Waals surface area contributed by atoms with Crippen LogP contribution in [0.3, 0.4) is 0 Å². The molecule has 0 bridgehead atoms. The van der Waals surface area contributed by atoms with Crippen molar-refractivity contribution >= 4 is 15.9 Å². The molecule has 108 valence electrons. The van der Waals surface area contributed by atoms with E-state index in [0.29, 0.717) is 15.7 Å². The fraction of sp³-hybridized carbons (Fsp3) is 0.429. The molecule has 0 aliphatic carbocycles. The van der Waals surface area contributed by atoms with Crippen molar-refractivity contribution < 1.29 is 4.39 Å².